The fourth-order valence-corrected chi connectivity index (χ4v) is 3.74. The number of anilines is 1. The topological polar surface area (TPSA) is 49.4 Å². The Morgan fingerprint density at radius 1 is 0.767 bits per heavy atom. The fraction of sp³-hybridized carbons (Fsp3) is 0.231. The number of nitrogens with one attached hydrogen (secondary N) is 1. The highest BCUT2D eigenvalue weighted by atomic mass is 16.2. The molecule has 0 aromatic heterocycles. The van der Waals surface area contributed by atoms with Gasteiger partial charge in [-0.05, 0) is 66.3 Å². The standard InChI is InChI=1S/C26H26N2O2/c1-19-15-17-28(18-16-19)26(30)23-11-13-24(14-12-23)27-25(29)22-9-7-21(8-10-22)20-5-3-2-4-6-20/h2-14,19H,15-18H2,1H3,(H,27,29). The first kappa shape index (κ1) is 19.9. The molecule has 1 heterocycles. The van der Waals surface area contributed by atoms with E-state index in [2.05, 4.69) is 12.2 Å². The number of hydrogen-bond acceptors (Lipinski definition) is 2. The normalized spacial score (nSPS) is 14.4. The van der Waals surface area contributed by atoms with Crippen molar-refractivity contribution in [2.45, 2.75) is 19.8 Å². The van der Waals surface area contributed by atoms with Gasteiger partial charge in [0.2, 0.25) is 0 Å². The minimum Gasteiger partial charge on any atom is -0.339 e. The minimum atomic E-state index is -0.168. The van der Waals surface area contributed by atoms with Crippen LogP contribution < -0.4 is 5.32 Å². The molecule has 3 aromatic carbocycles. The van der Waals surface area contributed by atoms with E-state index in [-0.39, 0.29) is 11.8 Å². The van der Waals surface area contributed by atoms with Gasteiger partial charge in [-0.2, -0.15) is 0 Å². The Labute approximate surface area is 177 Å². The highest BCUT2D eigenvalue weighted by Gasteiger charge is 2.21. The van der Waals surface area contributed by atoms with Crippen molar-refractivity contribution in [3.05, 3.63) is 90.0 Å². The summed E-state index contributed by atoms with van der Waals surface area (Å²) in [7, 11) is 0. The van der Waals surface area contributed by atoms with Crippen LogP contribution in [0.3, 0.4) is 0 Å². The summed E-state index contributed by atoms with van der Waals surface area (Å²) in [5, 5.41) is 2.91. The van der Waals surface area contributed by atoms with Crippen molar-refractivity contribution in [2.24, 2.45) is 5.92 Å². The van der Waals surface area contributed by atoms with Gasteiger partial charge < -0.3 is 10.2 Å². The van der Waals surface area contributed by atoms with Crippen molar-refractivity contribution >= 4 is 17.5 Å². The Morgan fingerprint density at radius 2 is 1.33 bits per heavy atom. The predicted octanol–water partition coefficient (Wildman–Crippen LogP) is 5.48. The summed E-state index contributed by atoms with van der Waals surface area (Å²) in [6, 6.07) is 24.8. The van der Waals surface area contributed by atoms with Crippen LogP contribution in [0.2, 0.25) is 0 Å². The monoisotopic (exact) mass is 398 g/mol. The van der Waals surface area contributed by atoms with Crippen LogP contribution in [0, 0.1) is 5.92 Å². The Kier molecular flexibility index (Phi) is 5.94. The van der Waals surface area contributed by atoms with E-state index in [0.717, 1.165) is 37.1 Å². The van der Waals surface area contributed by atoms with Crippen LogP contribution >= 0.6 is 0 Å². The highest BCUT2D eigenvalue weighted by molar-refractivity contribution is 6.04. The average Bonchev–Trinajstić information content (AvgIpc) is 2.80. The maximum absolute atomic E-state index is 12.6. The van der Waals surface area contributed by atoms with Crippen molar-refractivity contribution in [3.63, 3.8) is 0 Å². The largest absolute Gasteiger partial charge is 0.339 e. The molecular formula is C26H26N2O2. The van der Waals surface area contributed by atoms with Gasteiger partial charge >= 0.3 is 0 Å². The van der Waals surface area contributed by atoms with Gasteiger partial charge in [0.1, 0.15) is 0 Å². The van der Waals surface area contributed by atoms with Crippen LogP contribution in [0.25, 0.3) is 11.1 Å². The first-order chi connectivity index (χ1) is 14.6. The second-order valence-electron chi connectivity index (χ2n) is 7.95. The van der Waals surface area contributed by atoms with Crippen LogP contribution in [0.5, 0.6) is 0 Å². The summed E-state index contributed by atoms with van der Waals surface area (Å²) in [6.07, 6.45) is 2.12. The zero-order valence-corrected chi connectivity index (χ0v) is 17.2. The molecule has 4 nitrogen and oxygen atoms in total. The van der Waals surface area contributed by atoms with Gasteiger partial charge in [0, 0.05) is 29.9 Å². The second kappa shape index (κ2) is 8.95. The molecule has 0 saturated carbocycles. The SMILES string of the molecule is CC1CCN(C(=O)c2ccc(NC(=O)c3ccc(-c4ccccc4)cc3)cc2)CC1. The quantitative estimate of drug-likeness (QED) is 0.633. The fourth-order valence-electron chi connectivity index (χ4n) is 3.74. The molecule has 1 N–H and O–H groups in total. The summed E-state index contributed by atoms with van der Waals surface area (Å²) in [4.78, 5) is 27.1. The Bertz CT molecular complexity index is 1000. The molecule has 0 unspecified atom stereocenters. The van der Waals surface area contributed by atoms with E-state index < -0.39 is 0 Å². The van der Waals surface area contributed by atoms with E-state index in [0.29, 0.717) is 22.7 Å². The van der Waals surface area contributed by atoms with Gasteiger partial charge in [-0.25, -0.2) is 0 Å². The summed E-state index contributed by atoms with van der Waals surface area (Å²) in [5.41, 5.74) is 4.12. The summed E-state index contributed by atoms with van der Waals surface area (Å²) in [6.45, 7) is 3.86. The molecule has 30 heavy (non-hydrogen) atoms. The number of rotatable bonds is 4. The molecule has 2 amide bonds. The Morgan fingerprint density at radius 3 is 1.97 bits per heavy atom. The van der Waals surface area contributed by atoms with E-state index in [1.807, 2.05) is 59.5 Å². The van der Waals surface area contributed by atoms with E-state index in [1.165, 1.54) is 0 Å². The number of hydrogen-bond donors (Lipinski definition) is 1. The Hall–Kier alpha value is -3.40. The highest BCUT2D eigenvalue weighted by Crippen LogP contribution is 2.21. The van der Waals surface area contributed by atoms with Crippen molar-refractivity contribution in [1.82, 2.24) is 4.90 Å². The average molecular weight is 399 g/mol. The molecule has 1 aliphatic rings. The van der Waals surface area contributed by atoms with Gasteiger partial charge in [0.25, 0.3) is 11.8 Å². The van der Waals surface area contributed by atoms with Crippen LogP contribution in [-0.4, -0.2) is 29.8 Å². The molecule has 0 atom stereocenters. The summed E-state index contributed by atoms with van der Waals surface area (Å²) in [5.74, 6) is 0.586. The zero-order chi connectivity index (χ0) is 20.9. The molecule has 0 radical (unpaired) electrons. The molecule has 1 saturated heterocycles. The molecule has 0 spiro atoms. The number of benzene rings is 3. The van der Waals surface area contributed by atoms with E-state index in [9.17, 15) is 9.59 Å². The maximum Gasteiger partial charge on any atom is 0.255 e. The van der Waals surface area contributed by atoms with Crippen molar-refractivity contribution in [2.75, 3.05) is 18.4 Å². The van der Waals surface area contributed by atoms with Gasteiger partial charge in [0.05, 0.1) is 0 Å². The number of nitrogens with zero attached hydrogens (tertiary/aromatic N) is 1. The van der Waals surface area contributed by atoms with Crippen molar-refractivity contribution < 1.29 is 9.59 Å². The number of carbonyl (C=O) groups is 2. The lowest BCUT2D eigenvalue weighted by Crippen LogP contribution is -2.37. The van der Waals surface area contributed by atoms with Crippen LogP contribution in [-0.2, 0) is 0 Å². The molecule has 1 aliphatic heterocycles. The molecule has 152 valence electrons. The summed E-state index contributed by atoms with van der Waals surface area (Å²) < 4.78 is 0. The number of likely N-dealkylation sites (tertiary alicyclic amines) is 1. The van der Waals surface area contributed by atoms with Crippen LogP contribution in [0.1, 0.15) is 40.5 Å². The third-order valence-electron chi connectivity index (χ3n) is 5.71. The molecule has 3 aromatic rings. The molecule has 1 fully saturated rings. The van der Waals surface area contributed by atoms with Crippen LogP contribution in [0.15, 0.2) is 78.9 Å². The van der Waals surface area contributed by atoms with Crippen LogP contribution in [0.4, 0.5) is 5.69 Å². The number of amides is 2. The molecule has 4 rings (SSSR count). The van der Waals surface area contributed by atoms with E-state index in [4.69, 9.17) is 0 Å². The van der Waals surface area contributed by atoms with Gasteiger partial charge in [-0.3, -0.25) is 9.59 Å². The van der Waals surface area contributed by atoms with E-state index in [1.54, 1.807) is 24.3 Å². The third kappa shape index (κ3) is 4.60. The van der Waals surface area contributed by atoms with Crippen molar-refractivity contribution in [3.8, 4) is 11.1 Å². The molecule has 0 aliphatic carbocycles. The van der Waals surface area contributed by atoms with Crippen molar-refractivity contribution in [1.29, 1.82) is 0 Å². The van der Waals surface area contributed by atoms with Gasteiger partial charge in [-0.15, -0.1) is 0 Å². The Balaban J connectivity index is 1.38. The molecule has 0 bridgehead atoms. The minimum absolute atomic E-state index is 0.0660. The summed E-state index contributed by atoms with van der Waals surface area (Å²) >= 11 is 0. The lowest BCUT2D eigenvalue weighted by atomic mass is 9.98. The maximum atomic E-state index is 12.6. The molecular weight excluding hydrogens is 372 g/mol. The lowest BCUT2D eigenvalue weighted by molar-refractivity contribution is 0.0697. The van der Waals surface area contributed by atoms with E-state index >= 15 is 0 Å². The number of carbonyl (C=O) groups excluding carboxylic acids is 2. The van der Waals surface area contributed by atoms with Gasteiger partial charge in [0.15, 0.2) is 0 Å². The predicted molar refractivity (Wildman–Crippen MR) is 121 cm³/mol. The first-order valence-corrected chi connectivity index (χ1v) is 10.5. The third-order valence-corrected chi connectivity index (χ3v) is 5.71. The molecule has 4 heteroatoms. The van der Waals surface area contributed by atoms with Gasteiger partial charge in [-0.1, -0.05) is 49.4 Å². The first-order valence-electron chi connectivity index (χ1n) is 10.5. The second-order valence-corrected chi connectivity index (χ2v) is 7.95. The lowest BCUT2D eigenvalue weighted by Gasteiger charge is -2.30. The number of piperidine rings is 1. The smallest absolute Gasteiger partial charge is 0.255 e. The zero-order valence-electron chi connectivity index (χ0n) is 17.2.